The molecule has 0 unspecified atom stereocenters. The number of benzene rings is 2. The van der Waals surface area contributed by atoms with E-state index >= 15 is 0 Å². The monoisotopic (exact) mass is 354 g/mol. The molecule has 0 spiro atoms. The predicted molar refractivity (Wildman–Crippen MR) is 97.8 cm³/mol. The van der Waals surface area contributed by atoms with E-state index in [1.807, 2.05) is 48.2 Å². The molecule has 2 heterocycles. The van der Waals surface area contributed by atoms with Crippen molar-refractivity contribution in [3.05, 3.63) is 48.5 Å². The number of carbonyl (C=O) groups is 1. The van der Waals surface area contributed by atoms with E-state index in [0.29, 0.717) is 24.6 Å². The summed E-state index contributed by atoms with van der Waals surface area (Å²) in [6.45, 7) is 4.62. The van der Waals surface area contributed by atoms with Gasteiger partial charge in [0.1, 0.15) is 11.9 Å². The first-order chi connectivity index (χ1) is 12.6. The minimum atomic E-state index is -0.620. The second-order valence-corrected chi connectivity index (χ2v) is 6.64. The maximum Gasteiger partial charge on any atom is 0.267 e. The van der Waals surface area contributed by atoms with Crippen molar-refractivity contribution in [2.75, 3.05) is 31.1 Å². The van der Waals surface area contributed by atoms with Crippen LogP contribution in [0.25, 0.3) is 0 Å². The molecule has 6 heteroatoms. The van der Waals surface area contributed by atoms with E-state index in [1.54, 1.807) is 12.1 Å². The van der Waals surface area contributed by atoms with E-state index in [2.05, 4.69) is 4.90 Å². The summed E-state index contributed by atoms with van der Waals surface area (Å²) in [6.07, 6.45) is -0.947. The van der Waals surface area contributed by atoms with Crippen molar-refractivity contribution in [3.8, 4) is 17.2 Å². The van der Waals surface area contributed by atoms with Gasteiger partial charge in [-0.05, 0) is 43.3 Å². The highest BCUT2D eigenvalue weighted by Crippen LogP contribution is 2.34. The summed E-state index contributed by atoms with van der Waals surface area (Å²) in [6, 6.07) is 14.6. The minimum absolute atomic E-state index is 0.0302. The van der Waals surface area contributed by atoms with Crippen molar-refractivity contribution in [1.82, 2.24) is 4.90 Å². The van der Waals surface area contributed by atoms with Crippen LogP contribution in [0.2, 0.25) is 0 Å². The molecule has 2 atom stereocenters. The minimum Gasteiger partial charge on any atom is -0.508 e. The number of anilines is 1. The molecule has 0 aliphatic carbocycles. The molecule has 6 nitrogen and oxygen atoms in total. The molecule has 2 aromatic rings. The molecule has 136 valence electrons. The first kappa shape index (κ1) is 16.6. The molecule has 0 saturated carbocycles. The van der Waals surface area contributed by atoms with E-state index in [1.165, 1.54) is 0 Å². The zero-order valence-electron chi connectivity index (χ0n) is 14.7. The quantitative estimate of drug-likeness (QED) is 0.896. The van der Waals surface area contributed by atoms with Gasteiger partial charge in [0, 0.05) is 31.9 Å². The van der Waals surface area contributed by atoms with Crippen LogP contribution in [0.1, 0.15) is 6.92 Å². The van der Waals surface area contributed by atoms with Crippen LogP contribution in [0.5, 0.6) is 17.2 Å². The summed E-state index contributed by atoms with van der Waals surface area (Å²) in [5, 5.41) is 9.41. The van der Waals surface area contributed by atoms with Gasteiger partial charge in [-0.1, -0.05) is 12.1 Å². The van der Waals surface area contributed by atoms with Gasteiger partial charge < -0.3 is 24.4 Å². The molecule has 0 aromatic heterocycles. The largest absolute Gasteiger partial charge is 0.508 e. The molecule has 4 rings (SSSR count). The van der Waals surface area contributed by atoms with Crippen LogP contribution in [-0.2, 0) is 4.79 Å². The van der Waals surface area contributed by atoms with E-state index in [0.717, 1.165) is 18.8 Å². The number of ether oxygens (including phenoxy) is 2. The van der Waals surface area contributed by atoms with Crippen molar-refractivity contribution in [1.29, 1.82) is 0 Å². The van der Waals surface area contributed by atoms with Gasteiger partial charge in [-0.25, -0.2) is 0 Å². The Kier molecular flexibility index (Phi) is 4.32. The summed E-state index contributed by atoms with van der Waals surface area (Å²) < 4.78 is 11.8. The molecule has 0 radical (unpaired) electrons. The highest BCUT2D eigenvalue weighted by Gasteiger charge is 2.37. The van der Waals surface area contributed by atoms with Crippen LogP contribution < -0.4 is 14.4 Å². The van der Waals surface area contributed by atoms with Gasteiger partial charge in [-0.3, -0.25) is 4.79 Å². The Bertz CT molecular complexity index is 785. The predicted octanol–water partition coefficient (Wildman–Crippen LogP) is 2.27. The number of hydrogen-bond acceptors (Lipinski definition) is 5. The summed E-state index contributed by atoms with van der Waals surface area (Å²) in [5.74, 6) is 1.52. The van der Waals surface area contributed by atoms with E-state index in [-0.39, 0.29) is 17.8 Å². The Balaban J connectivity index is 1.40. The summed E-state index contributed by atoms with van der Waals surface area (Å²) in [5.41, 5.74) is 1.05. The smallest absolute Gasteiger partial charge is 0.267 e. The SMILES string of the molecule is C[C@@H]1Oc2ccccc2O[C@@H]1C(=O)N1CCN(c2ccc(O)cc2)CC1. The van der Waals surface area contributed by atoms with Gasteiger partial charge in [-0.2, -0.15) is 0 Å². The van der Waals surface area contributed by atoms with Crippen LogP contribution in [0.15, 0.2) is 48.5 Å². The van der Waals surface area contributed by atoms with E-state index < -0.39 is 6.10 Å². The highest BCUT2D eigenvalue weighted by molar-refractivity contribution is 5.82. The lowest BCUT2D eigenvalue weighted by molar-refractivity contribution is -0.144. The molecule has 1 N–H and O–H groups in total. The maximum atomic E-state index is 12.9. The summed E-state index contributed by atoms with van der Waals surface area (Å²) >= 11 is 0. The standard InChI is InChI=1S/C20H22N2O4/c1-14-19(26-18-5-3-2-4-17(18)25-14)20(24)22-12-10-21(11-13-22)15-6-8-16(23)9-7-15/h2-9,14,19,23H,10-13H2,1H3/t14-,19-/m0/s1. The second-order valence-electron chi connectivity index (χ2n) is 6.64. The lowest BCUT2D eigenvalue weighted by Gasteiger charge is -2.39. The van der Waals surface area contributed by atoms with Gasteiger partial charge in [0.25, 0.3) is 5.91 Å². The Morgan fingerprint density at radius 3 is 2.23 bits per heavy atom. The fourth-order valence-electron chi connectivity index (χ4n) is 3.42. The number of phenolic OH excluding ortho intramolecular Hbond substituents is 1. The zero-order valence-corrected chi connectivity index (χ0v) is 14.7. The van der Waals surface area contributed by atoms with E-state index in [4.69, 9.17) is 9.47 Å². The number of nitrogens with zero attached hydrogens (tertiary/aromatic N) is 2. The van der Waals surface area contributed by atoms with Crippen molar-refractivity contribution in [3.63, 3.8) is 0 Å². The molecule has 1 saturated heterocycles. The maximum absolute atomic E-state index is 12.9. The number of hydrogen-bond donors (Lipinski definition) is 1. The topological polar surface area (TPSA) is 62.2 Å². The average molecular weight is 354 g/mol. The Hall–Kier alpha value is -2.89. The number of piperazine rings is 1. The molecular formula is C20H22N2O4. The zero-order chi connectivity index (χ0) is 18.1. The van der Waals surface area contributed by atoms with Gasteiger partial charge >= 0.3 is 0 Å². The summed E-state index contributed by atoms with van der Waals surface area (Å²) in [4.78, 5) is 17.0. The van der Waals surface area contributed by atoms with Gasteiger partial charge in [0.15, 0.2) is 11.5 Å². The normalized spacial score (nSPS) is 22.2. The highest BCUT2D eigenvalue weighted by atomic mass is 16.6. The lowest BCUT2D eigenvalue weighted by Crippen LogP contribution is -2.56. The number of fused-ring (bicyclic) bond motifs is 1. The molecule has 1 fully saturated rings. The van der Waals surface area contributed by atoms with Crippen LogP contribution in [0.4, 0.5) is 5.69 Å². The van der Waals surface area contributed by atoms with Gasteiger partial charge in [-0.15, -0.1) is 0 Å². The number of rotatable bonds is 2. The van der Waals surface area contributed by atoms with Crippen LogP contribution in [0, 0.1) is 0 Å². The number of phenols is 1. The molecule has 2 aliphatic rings. The van der Waals surface area contributed by atoms with Crippen LogP contribution in [0.3, 0.4) is 0 Å². The first-order valence-corrected chi connectivity index (χ1v) is 8.87. The van der Waals surface area contributed by atoms with Gasteiger partial charge in [0.2, 0.25) is 6.10 Å². The molecule has 2 aliphatic heterocycles. The van der Waals surface area contributed by atoms with Gasteiger partial charge in [0.05, 0.1) is 0 Å². The Morgan fingerprint density at radius 2 is 1.58 bits per heavy atom. The molecule has 26 heavy (non-hydrogen) atoms. The number of amides is 1. The van der Waals surface area contributed by atoms with Crippen molar-refractivity contribution < 1.29 is 19.4 Å². The fourth-order valence-corrected chi connectivity index (χ4v) is 3.42. The van der Waals surface area contributed by atoms with Crippen LogP contribution >= 0.6 is 0 Å². The van der Waals surface area contributed by atoms with Crippen molar-refractivity contribution in [2.24, 2.45) is 0 Å². The van der Waals surface area contributed by atoms with Crippen molar-refractivity contribution in [2.45, 2.75) is 19.1 Å². The molecule has 0 bridgehead atoms. The number of carbonyl (C=O) groups excluding carboxylic acids is 1. The van der Waals surface area contributed by atoms with Crippen LogP contribution in [-0.4, -0.2) is 54.3 Å². The Labute approximate surface area is 152 Å². The average Bonchev–Trinajstić information content (AvgIpc) is 2.68. The second kappa shape index (κ2) is 6.78. The fraction of sp³-hybridized carbons (Fsp3) is 0.350. The third-order valence-corrected chi connectivity index (χ3v) is 4.89. The third-order valence-electron chi connectivity index (χ3n) is 4.89. The van der Waals surface area contributed by atoms with Crippen molar-refractivity contribution >= 4 is 11.6 Å². The first-order valence-electron chi connectivity index (χ1n) is 8.87. The molecular weight excluding hydrogens is 332 g/mol. The Morgan fingerprint density at radius 1 is 0.962 bits per heavy atom. The lowest BCUT2D eigenvalue weighted by atomic mass is 10.1. The van der Waals surface area contributed by atoms with E-state index in [9.17, 15) is 9.90 Å². The number of para-hydroxylation sites is 2. The third kappa shape index (κ3) is 3.14. The molecule has 1 amide bonds. The number of aromatic hydroxyl groups is 1. The summed E-state index contributed by atoms with van der Waals surface area (Å²) in [7, 11) is 0. The molecule has 2 aromatic carbocycles.